The summed E-state index contributed by atoms with van der Waals surface area (Å²) in [6, 6.07) is 16.2. The number of carbonyl (C=O) groups is 2. The summed E-state index contributed by atoms with van der Waals surface area (Å²) in [5.41, 5.74) is 7.13. The van der Waals surface area contributed by atoms with E-state index in [0.717, 1.165) is 5.56 Å². The van der Waals surface area contributed by atoms with E-state index in [1.165, 1.54) is 0 Å². The van der Waals surface area contributed by atoms with Gasteiger partial charge in [-0.25, -0.2) is 0 Å². The summed E-state index contributed by atoms with van der Waals surface area (Å²) in [7, 11) is 0. The molecule has 5 nitrogen and oxygen atoms in total. The van der Waals surface area contributed by atoms with Crippen molar-refractivity contribution in [3.05, 3.63) is 60.2 Å². The molecule has 0 heterocycles. The second-order valence-electron chi connectivity index (χ2n) is 6.75. The van der Waals surface area contributed by atoms with E-state index in [-0.39, 0.29) is 24.2 Å². The molecule has 2 aromatic rings. The summed E-state index contributed by atoms with van der Waals surface area (Å²) in [4.78, 5) is 24.3. The van der Waals surface area contributed by atoms with Gasteiger partial charge in [-0.2, -0.15) is 0 Å². The fourth-order valence-corrected chi connectivity index (χ4v) is 2.40. The molecule has 0 aliphatic carbocycles. The fourth-order valence-electron chi connectivity index (χ4n) is 2.40. The molecule has 0 bridgehead atoms. The average Bonchev–Trinajstić information content (AvgIpc) is 2.56. The summed E-state index contributed by atoms with van der Waals surface area (Å²) in [5, 5.41) is 5.65. The van der Waals surface area contributed by atoms with Gasteiger partial charge in [-0.3, -0.25) is 9.59 Å². The summed E-state index contributed by atoms with van der Waals surface area (Å²) in [6.45, 7) is 5.67. The zero-order valence-electron chi connectivity index (χ0n) is 15.3. The number of hydrogen-bond donors (Lipinski definition) is 3. The van der Waals surface area contributed by atoms with Crippen LogP contribution in [-0.4, -0.2) is 11.8 Å². The Morgan fingerprint density at radius 2 is 1.46 bits per heavy atom. The zero-order valence-corrected chi connectivity index (χ0v) is 16.1. The largest absolute Gasteiger partial charge is 0.326 e. The van der Waals surface area contributed by atoms with Gasteiger partial charge in [-0.1, -0.05) is 44.2 Å². The minimum atomic E-state index is -1.13. The fraction of sp³-hybridized carbons (Fsp3) is 0.300. The summed E-state index contributed by atoms with van der Waals surface area (Å²) >= 11 is 0. The summed E-state index contributed by atoms with van der Waals surface area (Å²) in [6.07, 6.45) is 0.473. The Bertz CT molecular complexity index is 728. The molecule has 2 rings (SSSR count). The van der Waals surface area contributed by atoms with Crippen molar-refractivity contribution >= 4 is 35.6 Å². The van der Waals surface area contributed by atoms with Crippen LogP contribution < -0.4 is 16.4 Å². The molecule has 1 unspecified atom stereocenters. The Morgan fingerprint density at radius 3 is 1.96 bits per heavy atom. The summed E-state index contributed by atoms with van der Waals surface area (Å²) in [5.74, 6) is -0.0144. The van der Waals surface area contributed by atoms with Crippen LogP contribution in [0.4, 0.5) is 11.4 Å². The molecule has 0 aliphatic rings. The van der Waals surface area contributed by atoms with Crippen LogP contribution in [0.15, 0.2) is 54.6 Å². The monoisotopic (exact) mass is 375 g/mol. The second-order valence-corrected chi connectivity index (χ2v) is 6.75. The topological polar surface area (TPSA) is 84.2 Å². The number of nitrogens with two attached hydrogens (primary N) is 1. The Kier molecular flexibility index (Phi) is 7.80. The normalized spacial score (nSPS) is 12.7. The maximum atomic E-state index is 12.5. The van der Waals surface area contributed by atoms with Gasteiger partial charge in [0.2, 0.25) is 11.8 Å². The van der Waals surface area contributed by atoms with Crippen molar-refractivity contribution in [2.45, 2.75) is 32.7 Å². The van der Waals surface area contributed by atoms with Crippen LogP contribution in [0.2, 0.25) is 0 Å². The maximum absolute atomic E-state index is 12.5. The van der Waals surface area contributed by atoms with Gasteiger partial charge in [0.1, 0.15) is 5.54 Å². The van der Waals surface area contributed by atoms with Crippen LogP contribution in [0.5, 0.6) is 0 Å². The van der Waals surface area contributed by atoms with Gasteiger partial charge >= 0.3 is 0 Å². The molecule has 0 radical (unpaired) electrons. The molecule has 4 N–H and O–H groups in total. The van der Waals surface area contributed by atoms with Crippen LogP contribution in [-0.2, 0) is 15.1 Å². The van der Waals surface area contributed by atoms with Gasteiger partial charge in [0.15, 0.2) is 0 Å². The molecule has 0 aliphatic heterocycles. The summed E-state index contributed by atoms with van der Waals surface area (Å²) < 4.78 is 0. The van der Waals surface area contributed by atoms with E-state index in [1.807, 2.05) is 44.2 Å². The molecule has 0 spiro atoms. The van der Waals surface area contributed by atoms with E-state index in [0.29, 0.717) is 23.7 Å². The van der Waals surface area contributed by atoms with Gasteiger partial charge in [0, 0.05) is 17.8 Å². The molecule has 6 heteroatoms. The zero-order chi connectivity index (χ0) is 18.4. The predicted octanol–water partition coefficient (Wildman–Crippen LogP) is 3.91. The van der Waals surface area contributed by atoms with Gasteiger partial charge in [-0.15, -0.1) is 12.4 Å². The molecular weight excluding hydrogens is 350 g/mol. The second kappa shape index (κ2) is 9.36. The first-order valence-corrected chi connectivity index (χ1v) is 8.35. The lowest BCUT2D eigenvalue weighted by molar-refractivity contribution is -0.121. The number of nitrogens with one attached hydrogen (secondary N) is 2. The van der Waals surface area contributed by atoms with E-state index >= 15 is 0 Å². The van der Waals surface area contributed by atoms with E-state index in [2.05, 4.69) is 10.6 Å². The molecule has 2 aromatic carbocycles. The smallest absolute Gasteiger partial charge is 0.248 e. The van der Waals surface area contributed by atoms with E-state index in [9.17, 15) is 9.59 Å². The van der Waals surface area contributed by atoms with Crippen LogP contribution >= 0.6 is 12.4 Å². The van der Waals surface area contributed by atoms with Crippen molar-refractivity contribution in [3.8, 4) is 0 Å². The lowest BCUT2D eigenvalue weighted by Crippen LogP contribution is -2.45. The van der Waals surface area contributed by atoms with Crippen molar-refractivity contribution < 1.29 is 9.59 Å². The predicted molar refractivity (Wildman–Crippen MR) is 108 cm³/mol. The quantitative estimate of drug-likeness (QED) is 0.715. The molecule has 2 amide bonds. The molecule has 1 atom stereocenters. The lowest BCUT2D eigenvalue weighted by Gasteiger charge is -2.24. The Balaban J connectivity index is 0.00000338. The Hall–Kier alpha value is -2.37. The first kappa shape index (κ1) is 21.7. The third-order valence-electron chi connectivity index (χ3n) is 3.87. The van der Waals surface area contributed by atoms with E-state index in [1.54, 1.807) is 31.2 Å². The number of amides is 2. The number of benzene rings is 2. The van der Waals surface area contributed by atoms with Crippen LogP contribution in [0.25, 0.3) is 0 Å². The average molecular weight is 376 g/mol. The van der Waals surface area contributed by atoms with Crippen molar-refractivity contribution in [1.82, 2.24) is 0 Å². The molecule has 0 aromatic heterocycles. The molecule has 0 saturated heterocycles. The highest BCUT2D eigenvalue weighted by Crippen LogP contribution is 2.21. The van der Waals surface area contributed by atoms with Crippen LogP contribution in [0.1, 0.15) is 32.8 Å². The first-order valence-electron chi connectivity index (χ1n) is 8.35. The lowest BCUT2D eigenvalue weighted by atomic mass is 9.92. The van der Waals surface area contributed by atoms with Gasteiger partial charge < -0.3 is 16.4 Å². The minimum absolute atomic E-state index is 0. The number of rotatable bonds is 6. The third kappa shape index (κ3) is 5.86. The SMILES string of the molecule is CC(C)CC(=O)Nc1ccc(NC(=O)C(C)(N)c2ccccc2)cc1.Cl. The van der Waals surface area contributed by atoms with Crippen molar-refractivity contribution in [3.63, 3.8) is 0 Å². The van der Waals surface area contributed by atoms with Gasteiger partial charge in [-0.05, 0) is 42.7 Å². The van der Waals surface area contributed by atoms with Gasteiger partial charge in [0.25, 0.3) is 0 Å². The van der Waals surface area contributed by atoms with Gasteiger partial charge in [0.05, 0.1) is 0 Å². The highest BCUT2D eigenvalue weighted by molar-refractivity contribution is 5.98. The van der Waals surface area contributed by atoms with Crippen molar-refractivity contribution in [1.29, 1.82) is 0 Å². The minimum Gasteiger partial charge on any atom is -0.326 e. The molecule has 26 heavy (non-hydrogen) atoms. The van der Waals surface area contributed by atoms with Crippen LogP contribution in [0.3, 0.4) is 0 Å². The Morgan fingerprint density at radius 1 is 0.962 bits per heavy atom. The molecule has 140 valence electrons. The van der Waals surface area contributed by atoms with Crippen LogP contribution in [0, 0.1) is 5.92 Å². The number of anilines is 2. The standard InChI is InChI=1S/C20H25N3O2.ClH/c1-14(2)13-18(24)22-16-9-11-17(12-10-16)23-19(25)20(3,21)15-7-5-4-6-8-15;/h4-12,14H,13,21H2,1-3H3,(H,22,24)(H,23,25);1H. The third-order valence-corrected chi connectivity index (χ3v) is 3.87. The maximum Gasteiger partial charge on any atom is 0.248 e. The van der Waals surface area contributed by atoms with E-state index < -0.39 is 5.54 Å². The van der Waals surface area contributed by atoms with E-state index in [4.69, 9.17) is 5.73 Å². The Labute approximate surface area is 160 Å². The molecular formula is C20H26ClN3O2. The highest BCUT2D eigenvalue weighted by atomic mass is 35.5. The number of hydrogen-bond acceptors (Lipinski definition) is 3. The first-order chi connectivity index (χ1) is 11.8. The van der Waals surface area contributed by atoms with Crippen molar-refractivity contribution in [2.75, 3.05) is 10.6 Å². The number of carbonyl (C=O) groups excluding carboxylic acids is 2. The molecule has 0 fully saturated rings. The highest BCUT2D eigenvalue weighted by Gasteiger charge is 2.30. The number of halogens is 1. The van der Waals surface area contributed by atoms with Crippen molar-refractivity contribution in [2.24, 2.45) is 11.7 Å². The molecule has 0 saturated carbocycles.